The second-order valence-corrected chi connectivity index (χ2v) is 10.3. The number of esters is 1. The molecule has 1 aromatic heterocycles. The third-order valence-electron chi connectivity index (χ3n) is 5.88. The Morgan fingerprint density at radius 1 is 1.23 bits per heavy atom. The monoisotopic (exact) mass is 556 g/mol. The number of unbranched alkanes of at least 4 members (excludes halogenated alkanes) is 1. The first-order valence-electron chi connectivity index (χ1n) is 11.5. The molecule has 0 spiro atoms. The molecule has 2 aromatic carbocycles. The molecule has 3 aromatic rings. The Balaban J connectivity index is 1.77. The number of thioether (sulfide) groups is 1. The molecule has 0 bridgehead atoms. The van der Waals surface area contributed by atoms with Crippen LogP contribution in [0.25, 0.3) is 0 Å². The van der Waals surface area contributed by atoms with Crippen molar-refractivity contribution in [1.29, 1.82) is 0 Å². The van der Waals surface area contributed by atoms with E-state index in [-0.39, 0.29) is 0 Å². The highest BCUT2D eigenvalue weighted by atomic mass is 79.9. The lowest BCUT2D eigenvalue weighted by Crippen LogP contribution is -2.29. The Kier molecular flexibility index (Phi) is 8.18. The zero-order valence-corrected chi connectivity index (χ0v) is 22.7. The van der Waals surface area contributed by atoms with Crippen LogP contribution in [0.5, 0.6) is 5.75 Å². The number of carbonyl (C=O) groups is 1. The summed E-state index contributed by atoms with van der Waals surface area (Å²) in [5, 5.41) is 8.68. The number of carbonyl (C=O) groups excluding carboxylic acids is 1. The van der Waals surface area contributed by atoms with E-state index in [4.69, 9.17) is 19.6 Å². The van der Waals surface area contributed by atoms with Gasteiger partial charge in [0.25, 0.3) is 0 Å². The number of anilines is 1. The van der Waals surface area contributed by atoms with Gasteiger partial charge >= 0.3 is 5.97 Å². The van der Waals surface area contributed by atoms with Crippen molar-refractivity contribution in [2.75, 3.05) is 18.2 Å². The number of nitrogens with one attached hydrogen (secondary N) is 1. The van der Waals surface area contributed by atoms with Crippen LogP contribution in [0, 0.1) is 6.92 Å². The first-order valence-corrected chi connectivity index (χ1v) is 13.3. The SMILES string of the molecule is CCCCSc1nc2n(n1)C(c1cc(Br)ccc1OCc1ccccc1C)C(C(=O)OC)=C(C)N2. The maximum Gasteiger partial charge on any atom is 0.338 e. The minimum atomic E-state index is -0.559. The summed E-state index contributed by atoms with van der Waals surface area (Å²) in [5.74, 6) is 1.76. The summed E-state index contributed by atoms with van der Waals surface area (Å²) in [6.07, 6.45) is 2.19. The van der Waals surface area contributed by atoms with Crippen molar-refractivity contribution in [3.05, 3.63) is 74.9 Å². The van der Waals surface area contributed by atoms with E-state index in [0.717, 1.165) is 39.8 Å². The summed E-state index contributed by atoms with van der Waals surface area (Å²) in [5.41, 5.74) is 4.20. The molecule has 2 heterocycles. The average molecular weight is 558 g/mol. The van der Waals surface area contributed by atoms with Gasteiger partial charge in [-0.1, -0.05) is 65.3 Å². The zero-order valence-electron chi connectivity index (χ0n) is 20.3. The van der Waals surface area contributed by atoms with Crippen molar-refractivity contribution >= 4 is 39.6 Å². The Hall–Kier alpha value is -2.78. The third-order valence-corrected chi connectivity index (χ3v) is 7.30. The second-order valence-electron chi connectivity index (χ2n) is 8.32. The Morgan fingerprint density at radius 2 is 2.03 bits per heavy atom. The molecule has 1 atom stereocenters. The van der Waals surface area contributed by atoms with Crippen molar-refractivity contribution in [1.82, 2.24) is 14.8 Å². The van der Waals surface area contributed by atoms with Gasteiger partial charge in [0.05, 0.1) is 12.7 Å². The van der Waals surface area contributed by atoms with Gasteiger partial charge in [-0.25, -0.2) is 9.48 Å². The van der Waals surface area contributed by atoms with Crippen molar-refractivity contribution in [3.8, 4) is 5.75 Å². The summed E-state index contributed by atoms with van der Waals surface area (Å²) in [6, 6.07) is 13.4. The molecule has 0 saturated carbocycles. The van der Waals surface area contributed by atoms with Crippen LogP contribution in [0.2, 0.25) is 0 Å². The van der Waals surface area contributed by atoms with E-state index in [1.54, 1.807) is 16.4 Å². The number of allylic oxidation sites excluding steroid dienone is 1. The fraction of sp³-hybridized carbons (Fsp3) is 0.346. The van der Waals surface area contributed by atoms with E-state index in [1.807, 2.05) is 37.3 Å². The molecule has 4 rings (SSSR count). The van der Waals surface area contributed by atoms with Crippen molar-refractivity contribution in [3.63, 3.8) is 0 Å². The highest BCUT2D eigenvalue weighted by Crippen LogP contribution is 2.41. The summed E-state index contributed by atoms with van der Waals surface area (Å²) >= 11 is 5.20. The molecule has 7 nitrogen and oxygen atoms in total. The second kappa shape index (κ2) is 11.3. The van der Waals surface area contributed by atoms with E-state index in [0.29, 0.717) is 34.7 Å². The van der Waals surface area contributed by atoms with Crippen molar-refractivity contribution in [2.24, 2.45) is 0 Å². The standard InChI is InChI=1S/C26H29BrN4O3S/c1-5-6-13-35-26-29-25-28-17(3)22(24(32)33-4)23(31(25)30-26)20-14-19(27)11-12-21(20)34-15-18-10-8-7-9-16(18)2/h7-12,14,23H,5-6,13,15H2,1-4H3,(H,28,29,30). The fourth-order valence-corrected chi connectivity index (χ4v) is 5.25. The maximum atomic E-state index is 13.0. The highest BCUT2D eigenvalue weighted by Gasteiger charge is 2.36. The molecule has 9 heteroatoms. The number of aryl methyl sites for hydroxylation is 1. The van der Waals surface area contributed by atoms with Gasteiger partial charge in [-0.2, -0.15) is 4.98 Å². The molecule has 1 aliphatic heterocycles. The van der Waals surface area contributed by atoms with Crippen LogP contribution in [-0.2, 0) is 16.1 Å². The van der Waals surface area contributed by atoms with Crippen LogP contribution >= 0.6 is 27.7 Å². The third kappa shape index (κ3) is 5.56. The number of fused-ring (bicyclic) bond motifs is 1. The number of hydrogen-bond acceptors (Lipinski definition) is 7. The number of benzene rings is 2. The molecular formula is C26H29BrN4O3S. The van der Waals surface area contributed by atoms with Gasteiger partial charge in [0.15, 0.2) is 0 Å². The number of ether oxygens (including phenoxy) is 2. The quantitative estimate of drug-likeness (QED) is 0.188. The van der Waals surface area contributed by atoms with Gasteiger partial charge < -0.3 is 14.8 Å². The largest absolute Gasteiger partial charge is 0.489 e. The van der Waals surface area contributed by atoms with E-state index in [2.05, 4.69) is 47.2 Å². The van der Waals surface area contributed by atoms with Crippen molar-refractivity contribution in [2.45, 2.75) is 51.4 Å². The van der Waals surface area contributed by atoms with Gasteiger partial charge in [0.1, 0.15) is 18.4 Å². The minimum absolute atomic E-state index is 0.408. The van der Waals surface area contributed by atoms with Crippen LogP contribution in [0.3, 0.4) is 0 Å². The number of nitrogens with zero attached hydrogens (tertiary/aromatic N) is 3. The molecule has 35 heavy (non-hydrogen) atoms. The lowest BCUT2D eigenvalue weighted by molar-refractivity contribution is -0.136. The Bertz CT molecular complexity index is 1260. The zero-order chi connectivity index (χ0) is 24.9. The molecule has 0 aliphatic carbocycles. The Labute approximate surface area is 218 Å². The first kappa shape index (κ1) is 25.3. The number of rotatable bonds is 9. The minimum Gasteiger partial charge on any atom is -0.489 e. The van der Waals surface area contributed by atoms with Crippen LogP contribution in [0.1, 0.15) is 49.4 Å². The molecule has 1 unspecified atom stereocenters. The topological polar surface area (TPSA) is 78.3 Å². The van der Waals surface area contributed by atoms with Crippen LogP contribution < -0.4 is 10.1 Å². The molecule has 1 aliphatic rings. The first-order chi connectivity index (χ1) is 16.9. The van der Waals surface area contributed by atoms with Crippen LogP contribution in [0.4, 0.5) is 5.95 Å². The Morgan fingerprint density at radius 3 is 2.77 bits per heavy atom. The lowest BCUT2D eigenvalue weighted by atomic mass is 9.95. The van der Waals surface area contributed by atoms with Gasteiger partial charge in [0, 0.05) is 21.5 Å². The molecule has 0 fully saturated rings. The molecule has 0 radical (unpaired) electrons. The maximum absolute atomic E-state index is 13.0. The van der Waals surface area contributed by atoms with Gasteiger partial charge in [-0.3, -0.25) is 0 Å². The van der Waals surface area contributed by atoms with Crippen LogP contribution in [-0.4, -0.2) is 33.6 Å². The van der Waals surface area contributed by atoms with E-state index >= 15 is 0 Å². The number of hydrogen-bond donors (Lipinski definition) is 1. The average Bonchev–Trinajstić information content (AvgIpc) is 3.25. The predicted octanol–water partition coefficient (Wildman–Crippen LogP) is 6.28. The van der Waals surface area contributed by atoms with E-state index in [9.17, 15) is 4.79 Å². The molecule has 184 valence electrons. The molecular weight excluding hydrogens is 528 g/mol. The number of methoxy groups -OCH3 is 1. The van der Waals surface area contributed by atoms with Crippen LogP contribution in [0.15, 0.2) is 63.4 Å². The summed E-state index contributed by atoms with van der Waals surface area (Å²) < 4.78 is 14.1. The van der Waals surface area contributed by atoms with Crippen molar-refractivity contribution < 1.29 is 14.3 Å². The number of halogens is 1. The molecule has 0 amide bonds. The van der Waals surface area contributed by atoms with Gasteiger partial charge in [0.2, 0.25) is 11.1 Å². The highest BCUT2D eigenvalue weighted by molar-refractivity contribution is 9.10. The van der Waals surface area contributed by atoms with Gasteiger partial charge in [-0.15, -0.1) is 5.10 Å². The van der Waals surface area contributed by atoms with Gasteiger partial charge in [-0.05, 0) is 49.6 Å². The summed E-state index contributed by atoms with van der Waals surface area (Å²) in [6.45, 7) is 6.48. The fourth-order valence-electron chi connectivity index (χ4n) is 3.95. The summed E-state index contributed by atoms with van der Waals surface area (Å²) in [4.78, 5) is 17.7. The normalized spacial score (nSPS) is 14.9. The molecule has 1 N–H and O–H groups in total. The summed E-state index contributed by atoms with van der Waals surface area (Å²) in [7, 11) is 1.39. The lowest BCUT2D eigenvalue weighted by Gasteiger charge is -2.29. The van der Waals surface area contributed by atoms with E-state index in [1.165, 1.54) is 7.11 Å². The molecule has 0 saturated heterocycles. The predicted molar refractivity (Wildman–Crippen MR) is 142 cm³/mol. The number of aromatic nitrogens is 3. The smallest absolute Gasteiger partial charge is 0.338 e. The van der Waals surface area contributed by atoms with E-state index < -0.39 is 12.0 Å².